The van der Waals surface area contributed by atoms with Crippen molar-refractivity contribution in [2.24, 2.45) is 5.92 Å². The van der Waals surface area contributed by atoms with Crippen molar-refractivity contribution in [3.05, 3.63) is 0 Å². The first kappa shape index (κ1) is 23.7. The number of unbranched alkanes of at least 4 members (excludes halogenated alkanes) is 1. The molecule has 0 radical (unpaired) electrons. The second kappa shape index (κ2) is 13.9. The van der Waals surface area contributed by atoms with Crippen molar-refractivity contribution in [2.45, 2.75) is 98.0 Å². The van der Waals surface area contributed by atoms with Crippen LogP contribution in [0.25, 0.3) is 0 Å². The van der Waals surface area contributed by atoms with E-state index in [2.05, 4.69) is 23.1 Å². The minimum atomic E-state index is -0.361. The molecule has 1 aliphatic heterocycles. The Kier molecular flexibility index (Phi) is 13.8. The van der Waals surface area contributed by atoms with E-state index in [1.165, 1.54) is 51.1 Å². The van der Waals surface area contributed by atoms with Gasteiger partial charge in [0, 0.05) is 13.1 Å². The molecule has 0 saturated carbocycles. The van der Waals surface area contributed by atoms with Gasteiger partial charge in [0.15, 0.2) is 0 Å². The molecule has 1 rings (SSSR count). The van der Waals surface area contributed by atoms with Gasteiger partial charge in [0.1, 0.15) is 5.60 Å². The van der Waals surface area contributed by atoms with Crippen molar-refractivity contribution >= 4 is 15.3 Å². The van der Waals surface area contributed by atoms with Gasteiger partial charge >= 0.3 is 6.09 Å². The van der Waals surface area contributed by atoms with Gasteiger partial charge in [-0.15, -0.1) is 9.24 Å². The number of nitrogens with zero attached hydrogens (tertiary/aromatic N) is 1. The SMILES string of the molecule is CC(C)(C)OC(=O)N1CCCC1.CCCCC(CCC)CCCP. The number of carbonyl (C=O) groups is 1. The lowest BCUT2D eigenvalue weighted by atomic mass is 9.93. The highest BCUT2D eigenvalue weighted by atomic mass is 31.0. The Morgan fingerprint density at radius 3 is 2.08 bits per heavy atom. The van der Waals surface area contributed by atoms with E-state index in [9.17, 15) is 4.79 Å². The monoisotopic (exact) mass is 359 g/mol. The van der Waals surface area contributed by atoms with E-state index in [4.69, 9.17) is 4.74 Å². The first-order valence-electron chi connectivity index (χ1n) is 10.0. The summed E-state index contributed by atoms with van der Waals surface area (Å²) in [5.74, 6) is 1.02. The molecule has 1 fully saturated rings. The fourth-order valence-corrected chi connectivity index (χ4v) is 3.20. The van der Waals surface area contributed by atoms with E-state index in [0.717, 1.165) is 31.8 Å². The zero-order valence-electron chi connectivity index (χ0n) is 16.9. The zero-order valence-corrected chi connectivity index (χ0v) is 18.1. The number of hydrogen-bond acceptors (Lipinski definition) is 2. The van der Waals surface area contributed by atoms with Crippen LogP contribution in [0, 0.1) is 5.92 Å². The number of likely N-dealkylation sites (tertiary alicyclic amines) is 1. The Morgan fingerprint density at radius 2 is 1.62 bits per heavy atom. The molecule has 0 aromatic carbocycles. The van der Waals surface area contributed by atoms with E-state index in [1.54, 1.807) is 4.90 Å². The van der Waals surface area contributed by atoms with Crippen LogP contribution in [0.3, 0.4) is 0 Å². The molecule has 3 nitrogen and oxygen atoms in total. The molecule has 1 aliphatic rings. The Labute approximate surface area is 153 Å². The number of amides is 1. The molecule has 1 heterocycles. The summed E-state index contributed by atoms with van der Waals surface area (Å²) in [6, 6.07) is 0. The maximum atomic E-state index is 11.4. The minimum Gasteiger partial charge on any atom is -0.444 e. The highest BCUT2D eigenvalue weighted by Gasteiger charge is 2.23. The first-order chi connectivity index (χ1) is 11.3. The highest BCUT2D eigenvalue weighted by molar-refractivity contribution is 7.16. The van der Waals surface area contributed by atoms with Crippen LogP contribution in [0.4, 0.5) is 4.79 Å². The Balaban J connectivity index is 0.000000441. The van der Waals surface area contributed by atoms with Crippen LogP contribution in [0.2, 0.25) is 0 Å². The third kappa shape index (κ3) is 13.0. The summed E-state index contributed by atoms with van der Waals surface area (Å²) in [5.41, 5.74) is -0.361. The van der Waals surface area contributed by atoms with E-state index in [-0.39, 0.29) is 11.7 Å². The number of ether oxygens (including phenoxy) is 1. The van der Waals surface area contributed by atoms with Gasteiger partial charge in [-0.05, 0) is 52.1 Å². The van der Waals surface area contributed by atoms with E-state index in [0.29, 0.717) is 0 Å². The molecule has 0 bridgehead atoms. The van der Waals surface area contributed by atoms with Crippen LogP contribution in [0.1, 0.15) is 92.4 Å². The van der Waals surface area contributed by atoms with Crippen LogP contribution in [-0.4, -0.2) is 35.8 Å². The first-order valence-corrected chi connectivity index (χ1v) is 10.8. The number of carbonyl (C=O) groups excluding carboxylic acids is 1. The molecule has 0 aliphatic carbocycles. The van der Waals surface area contributed by atoms with Crippen LogP contribution in [0.15, 0.2) is 0 Å². The average molecular weight is 360 g/mol. The smallest absolute Gasteiger partial charge is 0.410 e. The Bertz CT molecular complexity index is 301. The molecular formula is C20H42NO2P. The molecule has 0 aromatic rings. The van der Waals surface area contributed by atoms with Crippen LogP contribution < -0.4 is 0 Å². The molecule has 0 aromatic heterocycles. The third-order valence-corrected chi connectivity index (χ3v) is 4.65. The lowest BCUT2D eigenvalue weighted by molar-refractivity contribution is 0.0295. The van der Waals surface area contributed by atoms with Crippen LogP contribution in [-0.2, 0) is 4.74 Å². The predicted octanol–water partition coefficient (Wildman–Crippen LogP) is 6.27. The lowest BCUT2D eigenvalue weighted by Gasteiger charge is -2.23. The van der Waals surface area contributed by atoms with Crippen molar-refractivity contribution in [3.63, 3.8) is 0 Å². The molecular weight excluding hydrogens is 317 g/mol. The molecule has 0 spiro atoms. The van der Waals surface area contributed by atoms with Gasteiger partial charge in [-0.3, -0.25) is 0 Å². The molecule has 2 atom stereocenters. The summed E-state index contributed by atoms with van der Waals surface area (Å²) < 4.78 is 5.21. The molecule has 0 N–H and O–H groups in total. The summed E-state index contributed by atoms with van der Waals surface area (Å²) in [6.45, 7) is 12.0. The van der Waals surface area contributed by atoms with Crippen LogP contribution in [0.5, 0.6) is 0 Å². The summed E-state index contributed by atoms with van der Waals surface area (Å²) in [5, 5.41) is 0. The van der Waals surface area contributed by atoms with Gasteiger partial charge in [0.25, 0.3) is 0 Å². The normalized spacial score (nSPS) is 15.7. The fourth-order valence-electron chi connectivity index (χ4n) is 2.97. The maximum absolute atomic E-state index is 11.4. The van der Waals surface area contributed by atoms with Gasteiger partial charge in [-0.1, -0.05) is 52.4 Å². The van der Waals surface area contributed by atoms with Gasteiger partial charge < -0.3 is 9.64 Å². The largest absolute Gasteiger partial charge is 0.444 e. The molecule has 1 saturated heterocycles. The van der Waals surface area contributed by atoms with Crippen molar-refractivity contribution in [2.75, 3.05) is 19.3 Å². The van der Waals surface area contributed by atoms with Crippen molar-refractivity contribution < 1.29 is 9.53 Å². The molecule has 4 heteroatoms. The predicted molar refractivity (Wildman–Crippen MR) is 109 cm³/mol. The summed E-state index contributed by atoms with van der Waals surface area (Å²) in [6.07, 6.45) is 13.3. The average Bonchev–Trinajstić information content (AvgIpc) is 3.03. The molecule has 2 unspecified atom stereocenters. The lowest BCUT2D eigenvalue weighted by Crippen LogP contribution is -2.34. The van der Waals surface area contributed by atoms with Crippen molar-refractivity contribution in [1.82, 2.24) is 4.90 Å². The van der Waals surface area contributed by atoms with Gasteiger partial charge in [0.2, 0.25) is 0 Å². The van der Waals surface area contributed by atoms with Crippen molar-refractivity contribution in [3.8, 4) is 0 Å². The van der Waals surface area contributed by atoms with E-state index < -0.39 is 0 Å². The fraction of sp³-hybridized carbons (Fsp3) is 0.950. The zero-order chi connectivity index (χ0) is 18.4. The molecule has 24 heavy (non-hydrogen) atoms. The quantitative estimate of drug-likeness (QED) is 0.478. The summed E-state index contributed by atoms with van der Waals surface area (Å²) in [4.78, 5) is 13.1. The Hall–Kier alpha value is -0.300. The van der Waals surface area contributed by atoms with E-state index >= 15 is 0 Å². The van der Waals surface area contributed by atoms with Crippen LogP contribution >= 0.6 is 9.24 Å². The standard InChI is InChI=1S/C11H25P.C9H17NO2/c1-3-5-8-11(7-4-2)9-6-10-12;1-9(2,3)12-8(11)10-6-4-5-7-10/h11H,3-10,12H2,1-2H3;4-7H2,1-3H3. The third-order valence-electron chi connectivity index (χ3n) is 4.24. The second-order valence-electron chi connectivity index (χ2n) is 7.90. The topological polar surface area (TPSA) is 29.5 Å². The Morgan fingerprint density at radius 1 is 1.04 bits per heavy atom. The molecule has 1 amide bonds. The van der Waals surface area contributed by atoms with Gasteiger partial charge in [-0.2, -0.15) is 0 Å². The number of hydrogen-bond donors (Lipinski definition) is 0. The van der Waals surface area contributed by atoms with Gasteiger partial charge in [0.05, 0.1) is 0 Å². The second-order valence-corrected chi connectivity index (χ2v) is 8.48. The number of rotatable bonds is 8. The molecule has 144 valence electrons. The maximum Gasteiger partial charge on any atom is 0.410 e. The highest BCUT2D eigenvalue weighted by Crippen LogP contribution is 2.20. The van der Waals surface area contributed by atoms with E-state index in [1.807, 2.05) is 20.8 Å². The van der Waals surface area contributed by atoms with Crippen molar-refractivity contribution in [1.29, 1.82) is 0 Å². The minimum absolute atomic E-state index is 0.167. The van der Waals surface area contributed by atoms with Gasteiger partial charge in [-0.25, -0.2) is 4.79 Å². The summed E-state index contributed by atoms with van der Waals surface area (Å²) >= 11 is 0. The summed E-state index contributed by atoms with van der Waals surface area (Å²) in [7, 11) is 2.83.